The second-order valence-corrected chi connectivity index (χ2v) is 7.61. The zero-order chi connectivity index (χ0) is 13.7. The summed E-state index contributed by atoms with van der Waals surface area (Å²) in [6, 6.07) is 0. The van der Waals surface area contributed by atoms with Crippen molar-refractivity contribution >= 4 is 0 Å². The minimum absolute atomic E-state index is 0.353. The van der Waals surface area contributed by atoms with Crippen LogP contribution in [0.2, 0.25) is 0 Å². The first-order valence-corrected chi connectivity index (χ1v) is 8.83. The average molecular weight is 266 g/mol. The lowest BCUT2D eigenvalue weighted by Gasteiger charge is -2.40. The third-order valence-corrected chi connectivity index (χ3v) is 5.88. The van der Waals surface area contributed by atoms with Crippen molar-refractivity contribution in [3.63, 3.8) is 0 Å². The maximum Gasteiger partial charge on any atom is 0.0620 e. The van der Waals surface area contributed by atoms with E-state index in [1.807, 2.05) is 6.92 Å². The van der Waals surface area contributed by atoms with Crippen LogP contribution in [0.4, 0.5) is 0 Å². The van der Waals surface area contributed by atoms with Crippen LogP contribution < -0.4 is 0 Å². The topological polar surface area (TPSA) is 20.2 Å². The van der Waals surface area contributed by atoms with Gasteiger partial charge in [0.15, 0.2) is 0 Å². The van der Waals surface area contributed by atoms with Crippen LogP contribution in [0, 0.1) is 17.8 Å². The molecule has 2 aliphatic rings. The molecule has 0 heterocycles. The van der Waals surface area contributed by atoms with Crippen molar-refractivity contribution in [3.05, 3.63) is 0 Å². The van der Waals surface area contributed by atoms with E-state index in [2.05, 4.69) is 6.92 Å². The molecule has 112 valence electrons. The van der Waals surface area contributed by atoms with E-state index in [4.69, 9.17) is 0 Å². The van der Waals surface area contributed by atoms with Crippen LogP contribution in [0.3, 0.4) is 0 Å². The molecule has 0 aliphatic heterocycles. The van der Waals surface area contributed by atoms with Gasteiger partial charge < -0.3 is 5.11 Å². The molecule has 0 atom stereocenters. The Morgan fingerprint density at radius 1 is 0.895 bits per heavy atom. The smallest absolute Gasteiger partial charge is 0.0620 e. The van der Waals surface area contributed by atoms with Crippen LogP contribution in [-0.4, -0.2) is 10.7 Å². The summed E-state index contributed by atoms with van der Waals surface area (Å²) >= 11 is 0. The van der Waals surface area contributed by atoms with Crippen LogP contribution in [-0.2, 0) is 0 Å². The molecule has 2 rings (SSSR count). The maximum atomic E-state index is 10.1. The van der Waals surface area contributed by atoms with Crippen LogP contribution >= 0.6 is 0 Å². The summed E-state index contributed by atoms with van der Waals surface area (Å²) in [6.07, 6.45) is 16.3. The third-order valence-electron chi connectivity index (χ3n) is 5.88. The molecule has 2 aliphatic carbocycles. The highest BCUT2D eigenvalue weighted by molar-refractivity contribution is 4.86. The molecule has 0 unspecified atom stereocenters. The number of aliphatic hydroxyl groups is 1. The SMILES string of the molecule is CCCCCC1CCC(C2CCC(C)(O)CC2)CC1. The van der Waals surface area contributed by atoms with E-state index in [9.17, 15) is 5.11 Å². The van der Waals surface area contributed by atoms with Gasteiger partial charge in [0.1, 0.15) is 0 Å². The Labute approximate surface area is 120 Å². The monoisotopic (exact) mass is 266 g/mol. The molecular weight excluding hydrogens is 232 g/mol. The summed E-state index contributed by atoms with van der Waals surface area (Å²) in [7, 11) is 0. The Bertz CT molecular complexity index is 240. The zero-order valence-corrected chi connectivity index (χ0v) is 13.2. The molecular formula is C18H34O. The van der Waals surface area contributed by atoms with Crippen molar-refractivity contribution in [2.75, 3.05) is 0 Å². The van der Waals surface area contributed by atoms with Gasteiger partial charge in [-0.15, -0.1) is 0 Å². The minimum atomic E-state index is -0.353. The van der Waals surface area contributed by atoms with E-state index < -0.39 is 0 Å². The van der Waals surface area contributed by atoms with E-state index in [0.29, 0.717) is 0 Å². The van der Waals surface area contributed by atoms with E-state index in [1.54, 1.807) is 0 Å². The maximum absolute atomic E-state index is 10.1. The van der Waals surface area contributed by atoms with Gasteiger partial charge in [0.2, 0.25) is 0 Å². The Morgan fingerprint density at radius 2 is 1.47 bits per heavy atom. The quantitative estimate of drug-likeness (QED) is 0.668. The first-order chi connectivity index (χ1) is 9.11. The summed E-state index contributed by atoms with van der Waals surface area (Å²) in [6.45, 7) is 4.32. The van der Waals surface area contributed by atoms with Gasteiger partial charge in [-0.1, -0.05) is 45.4 Å². The van der Waals surface area contributed by atoms with Crippen molar-refractivity contribution in [1.29, 1.82) is 0 Å². The predicted molar refractivity (Wildman–Crippen MR) is 82.2 cm³/mol. The molecule has 2 fully saturated rings. The first kappa shape index (κ1) is 15.4. The number of unbranched alkanes of at least 4 members (excludes halogenated alkanes) is 2. The van der Waals surface area contributed by atoms with E-state index in [-0.39, 0.29) is 5.60 Å². The summed E-state index contributed by atoms with van der Waals surface area (Å²) < 4.78 is 0. The largest absolute Gasteiger partial charge is 0.390 e. The van der Waals surface area contributed by atoms with Crippen LogP contribution in [0.25, 0.3) is 0 Å². The minimum Gasteiger partial charge on any atom is -0.390 e. The van der Waals surface area contributed by atoms with Gasteiger partial charge in [0.25, 0.3) is 0 Å². The van der Waals surface area contributed by atoms with Crippen molar-refractivity contribution < 1.29 is 5.11 Å². The van der Waals surface area contributed by atoms with Gasteiger partial charge in [-0.25, -0.2) is 0 Å². The van der Waals surface area contributed by atoms with Gasteiger partial charge in [-0.2, -0.15) is 0 Å². The normalized spacial score (nSPS) is 40.3. The summed E-state index contributed by atoms with van der Waals surface area (Å²) in [5.74, 6) is 2.95. The average Bonchev–Trinajstić information content (AvgIpc) is 2.40. The van der Waals surface area contributed by atoms with Crippen molar-refractivity contribution in [3.8, 4) is 0 Å². The number of rotatable bonds is 5. The lowest BCUT2D eigenvalue weighted by atomic mass is 9.68. The van der Waals surface area contributed by atoms with Crippen LogP contribution in [0.15, 0.2) is 0 Å². The van der Waals surface area contributed by atoms with Crippen LogP contribution in [0.1, 0.15) is 90.9 Å². The summed E-state index contributed by atoms with van der Waals surface area (Å²) in [4.78, 5) is 0. The molecule has 0 aromatic rings. The molecule has 1 heteroatoms. The van der Waals surface area contributed by atoms with Crippen LogP contribution in [0.5, 0.6) is 0 Å². The standard InChI is InChI=1S/C18H34O/c1-3-4-5-6-15-7-9-16(10-8-15)17-11-13-18(2,19)14-12-17/h15-17,19H,3-14H2,1-2H3. The van der Waals surface area contributed by atoms with E-state index in [0.717, 1.165) is 30.6 Å². The highest BCUT2D eigenvalue weighted by atomic mass is 16.3. The molecule has 0 radical (unpaired) electrons. The Balaban J connectivity index is 1.66. The lowest BCUT2D eigenvalue weighted by molar-refractivity contribution is -0.00579. The number of hydrogen-bond acceptors (Lipinski definition) is 1. The van der Waals surface area contributed by atoms with Crippen molar-refractivity contribution in [1.82, 2.24) is 0 Å². The summed E-state index contributed by atoms with van der Waals surface area (Å²) in [5, 5.41) is 10.1. The lowest BCUT2D eigenvalue weighted by Crippen LogP contribution is -2.34. The van der Waals surface area contributed by atoms with Gasteiger partial charge >= 0.3 is 0 Å². The van der Waals surface area contributed by atoms with Crippen molar-refractivity contribution in [2.45, 2.75) is 96.5 Å². The van der Waals surface area contributed by atoms with Crippen molar-refractivity contribution in [2.24, 2.45) is 17.8 Å². The fourth-order valence-corrected chi connectivity index (χ4v) is 4.36. The summed E-state index contributed by atoms with van der Waals surface area (Å²) in [5.41, 5.74) is -0.353. The van der Waals surface area contributed by atoms with E-state index >= 15 is 0 Å². The Kier molecular flexibility index (Phi) is 5.74. The second-order valence-electron chi connectivity index (χ2n) is 7.61. The molecule has 0 saturated heterocycles. The Hall–Kier alpha value is -0.0400. The fourth-order valence-electron chi connectivity index (χ4n) is 4.36. The molecule has 2 saturated carbocycles. The number of hydrogen-bond donors (Lipinski definition) is 1. The highest BCUT2D eigenvalue weighted by Crippen LogP contribution is 2.43. The molecule has 0 spiro atoms. The van der Waals surface area contributed by atoms with Gasteiger partial charge in [-0.3, -0.25) is 0 Å². The fraction of sp³-hybridized carbons (Fsp3) is 1.00. The van der Waals surface area contributed by atoms with Gasteiger partial charge in [0, 0.05) is 0 Å². The highest BCUT2D eigenvalue weighted by Gasteiger charge is 2.34. The molecule has 19 heavy (non-hydrogen) atoms. The molecule has 0 bridgehead atoms. The second kappa shape index (κ2) is 7.11. The van der Waals surface area contributed by atoms with Gasteiger partial charge in [0.05, 0.1) is 5.60 Å². The Morgan fingerprint density at radius 3 is 2.05 bits per heavy atom. The zero-order valence-electron chi connectivity index (χ0n) is 13.2. The first-order valence-electron chi connectivity index (χ1n) is 8.83. The van der Waals surface area contributed by atoms with Gasteiger partial charge in [-0.05, 0) is 63.2 Å². The van der Waals surface area contributed by atoms with E-state index in [1.165, 1.54) is 64.2 Å². The molecule has 0 amide bonds. The third kappa shape index (κ3) is 4.77. The molecule has 1 N–H and O–H groups in total. The predicted octanol–water partition coefficient (Wildman–Crippen LogP) is 5.31. The molecule has 1 nitrogen and oxygen atoms in total. The molecule has 0 aromatic carbocycles. The molecule has 0 aromatic heterocycles.